The van der Waals surface area contributed by atoms with Gasteiger partial charge in [0.15, 0.2) is 0 Å². The first-order valence-corrected chi connectivity index (χ1v) is 27.8. The number of rotatable bonds is 24. The van der Waals surface area contributed by atoms with Crippen LogP contribution in [0.3, 0.4) is 0 Å². The fraction of sp³-hybridized carbons (Fsp3) is 0.195. The lowest BCUT2D eigenvalue weighted by atomic mass is 9.99. The molecular formula is C77H84O28. The SMILES string of the molecule is C.C.C.C.C.C.C.C.C=CC(=O)OCOC(=O)Oc1ccc(C(=O)Oc2ccc(OC(=O)c3ccc(OC(=O)OCOC(=O)C=C)cc3)c(C)c2)cc1.C=CC(=O)OCOC(=O)Oc1ccc(C(=O)Oc2ccc3c(c2)C(C)c2cc(OC(=O)c4ccc(OC(=O)OCOC(=O)C=C)cc4)ccc2-3)cc1. The molecule has 0 radical (unpaired) electrons. The van der Waals surface area contributed by atoms with Crippen LogP contribution in [0.25, 0.3) is 11.1 Å². The summed E-state index contributed by atoms with van der Waals surface area (Å²) in [6.07, 6.45) is -0.858. The van der Waals surface area contributed by atoms with E-state index < -0.39 is 99.5 Å². The highest BCUT2D eigenvalue weighted by molar-refractivity contribution is 5.94. The normalized spacial score (nSPS) is 9.73. The third-order valence-electron chi connectivity index (χ3n) is 12.6. The molecule has 1 aliphatic rings. The number of hydrogen-bond acceptors (Lipinski definition) is 28. The molecule has 0 fully saturated rings. The summed E-state index contributed by atoms with van der Waals surface area (Å²) in [5, 5.41) is 0. The molecule has 0 saturated carbocycles. The Bertz CT molecular complexity index is 4030. The van der Waals surface area contributed by atoms with E-state index in [0.29, 0.717) is 17.1 Å². The van der Waals surface area contributed by atoms with E-state index in [4.69, 9.17) is 37.9 Å². The summed E-state index contributed by atoms with van der Waals surface area (Å²) >= 11 is 0. The monoisotopic (exact) mass is 1460 g/mol. The first kappa shape index (κ1) is 93.4. The molecule has 560 valence electrons. The quantitative estimate of drug-likeness (QED) is 0.0135. The van der Waals surface area contributed by atoms with Crippen molar-refractivity contribution in [1.82, 2.24) is 0 Å². The number of carbonyl (C=O) groups is 12. The van der Waals surface area contributed by atoms with E-state index in [1.54, 1.807) is 31.2 Å². The van der Waals surface area contributed by atoms with E-state index in [0.717, 1.165) is 46.6 Å². The second-order valence-electron chi connectivity index (χ2n) is 18.9. The number of hydrogen-bond donors (Lipinski definition) is 0. The van der Waals surface area contributed by atoms with Gasteiger partial charge in [0.05, 0.1) is 22.3 Å². The van der Waals surface area contributed by atoms with Crippen LogP contribution in [0.1, 0.15) is 130 Å². The van der Waals surface area contributed by atoms with Gasteiger partial charge in [-0.05, 0) is 174 Å². The summed E-state index contributed by atoms with van der Waals surface area (Å²) in [6, 6.07) is 36.8. The summed E-state index contributed by atoms with van der Waals surface area (Å²) in [4.78, 5) is 142. The van der Waals surface area contributed by atoms with E-state index in [-0.39, 0.29) is 122 Å². The molecule has 7 aromatic rings. The van der Waals surface area contributed by atoms with Gasteiger partial charge in [-0.2, -0.15) is 0 Å². The minimum Gasteiger partial charge on any atom is -0.425 e. The smallest absolute Gasteiger partial charge is 0.425 e. The lowest BCUT2D eigenvalue weighted by molar-refractivity contribution is -0.147. The molecule has 0 bridgehead atoms. The van der Waals surface area contributed by atoms with Crippen molar-refractivity contribution in [3.05, 3.63) is 241 Å². The summed E-state index contributed by atoms with van der Waals surface area (Å²) in [5.74, 6) is -4.66. The average molecular weight is 1460 g/mol. The molecule has 8 rings (SSSR count). The number of carbonyl (C=O) groups excluding carboxylic acids is 12. The van der Waals surface area contributed by atoms with Gasteiger partial charge in [-0.25, -0.2) is 57.5 Å². The highest BCUT2D eigenvalue weighted by Crippen LogP contribution is 2.47. The number of benzene rings is 7. The lowest BCUT2D eigenvalue weighted by Crippen LogP contribution is -2.15. The van der Waals surface area contributed by atoms with Crippen LogP contribution < -0.4 is 37.9 Å². The molecule has 1 aliphatic carbocycles. The Morgan fingerprint density at radius 1 is 0.295 bits per heavy atom. The Kier molecular flexibility index (Phi) is 40.8. The number of ether oxygens (including phenoxy) is 16. The van der Waals surface area contributed by atoms with Crippen LogP contribution in [-0.4, -0.2) is 99.5 Å². The van der Waals surface area contributed by atoms with Crippen molar-refractivity contribution in [3.63, 3.8) is 0 Å². The van der Waals surface area contributed by atoms with Crippen LogP contribution in [0.2, 0.25) is 0 Å². The molecule has 105 heavy (non-hydrogen) atoms. The fourth-order valence-electron chi connectivity index (χ4n) is 7.96. The summed E-state index contributed by atoms with van der Waals surface area (Å²) < 4.78 is 78.2. The Morgan fingerprint density at radius 3 is 0.771 bits per heavy atom. The van der Waals surface area contributed by atoms with Crippen molar-refractivity contribution >= 4 is 72.4 Å². The average Bonchev–Trinajstić information content (AvgIpc) is 1.62. The van der Waals surface area contributed by atoms with Crippen LogP contribution in [0.5, 0.6) is 46.0 Å². The van der Waals surface area contributed by atoms with Crippen molar-refractivity contribution in [1.29, 1.82) is 0 Å². The molecule has 0 spiro atoms. The second-order valence-corrected chi connectivity index (χ2v) is 18.9. The molecular weight excluding hydrogens is 1370 g/mol. The van der Waals surface area contributed by atoms with E-state index in [1.807, 2.05) is 19.1 Å². The van der Waals surface area contributed by atoms with Crippen molar-refractivity contribution < 1.29 is 133 Å². The highest BCUT2D eigenvalue weighted by Gasteiger charge is 2.28. The zero-order valence-corrected chi connectivity index (χ0v) is 50.9. The number of esters is 8. The van der Waals surface area contributed by atoms with Gasteiger partial charge in [-0.15, -0.1) is 0 Å². The molecule has 0 heterocycles. The topological polar surface area (TPSA) is 353 Å². The molecule has 0 aromatic heterocycles. The largest absolute Gasteiger partial charge is 0.516 e. The molecule has 7 aromatic carbocycles. The molecule has 0 unspecified atom stereocenters. The van der Waals surface area contributed by atoms with Crippen molar-refractivity contribution in [2.75, 3.05) is 27.2 Å². The zero-order chi connectivity index (χ0) is 70.0. The van der Waals surface area contributed by atoms with Crippen LogP contribution >= 0.6 is 0 Å². The zero-order valence-electron chi connectivity index (χ0n) is 50.9. The molecule has 0 N–H and O–H groups in total. The molecule has 28 nitrogen and oxygen atoms in total. The van der Waals surface area contributed by atoms with Gasteiger partial charge in [0.1, 0.15) is 46.0 Å². The summed E-state index contributed by atoms with van der Waals surface area (Å²) in [7, 11) is 0. The minimum atomic E-state index is -1.13. The van der Waals surface area contributed by atoms with Crippen molar-refractivity contribution in [2.45, 2.75) is 79.2 Å². The van der Waals surface area contributed by atoms with E-state index in [2.05, 4.69) is 64.2 Å². The summed E-state index contributed by atoms with van der Waals surface area (Å²) in [6.45, 7) is 13.8. The molecule has 0 atom stereocenters. The standard InChI is InChI=1S/C38H28O14.C31H24O14.8CH4/c1-4-33(39)45-20-47-37(43)51-25-10-6-23(7-11-25)35(41)49-27-14-16-29-30-17-15-28(19-32(30)22(3)31(29)18-27)50-36(42)24-8-12-26(13-9-24)52-38(44)48-21-46-34(40)5-2;1-4-26(32)38-17-40-30(36)43-22-10-6-20(7-11-22)28(34)42-24-14-15-25(19(3)16-24)45-29(35)21-8-12-23(13-9-21)44-31(37)41-18-39-27(33)5-2;;;;;;;;/h4-19,22H,1-2,20-21H2,3H3;4-16H,1-2,17-18H2,3H3;8*1H4. The van der Waals surface area contributed by atoms with Gasteiger partial charge in [-0.1, -0.05) is 105 Å². The predicted octanol–water partition coefficient (Wildman–Crippen LogP) is 16.6. The van der Waals surface area contributed by atoms with Gasteiger partial charge < -0.3 is 75.8 Å². The first-order chi connectivity index (χ1) is 46.6. The molecule has 0 saturated heterocycles. The van der Waals surface area contributed by atoms with Crippen molar-refractivity contribution in [3.8, 4) is 57.1 Å². The van der Waals surface area contributed by atoms with E-state index >= 15 is 0 Å². The maximum Gasteiger partial charge on any atom is 0.516 e. The van der Waals surface area contributed by atoms with Crippen LogP contribution in [0, 0.1) is 6.92 Å². The van der Waals surface area contributed by atoms with Crippen molar-refractivity contribution in [2.24, 2.45) is 0 Å². The minimum absolute atomic E-state index is 0. The fourth-order valence-corrected chi connectivity index (χ4v) is 7.96. The first-order valence-electron chi connectivity index (χ1n) is 27.8. The van der Waals surface area contributed by atoms with Gasteiger partial charge in [0.25, 0.3) is 0 Å². The van der Waals surface area contributed by atoms with Crippen LogP contribution in [0.4, 0.5) is 19.2 Å². The Morgan fingerprint density at radius 2 is 0.524 bits per heavy atom. The van der Waals surface area contributed by atoms with E-state index in [9.17, 15) is 57.5 Å². The maximum atomic E-state index is 12.9. The number of fused-ring (bicyclic) bond motifs is 3. The molecule has 0 aliphatic heterocycles. The second kappa shape index (κ2) is 45.9. The van der Waals surface area contributed by atoms with Crippen LogP contribution in [-0.2, 0) is 57.1 Å². The summed E-state index contributed by atoms with van der Waals surface area (Å²) in [5.41, 5.74) is 4.81. The Hall–Kier alpha value is -13.7. The molecule has 28 heteroatoms. The third-order valence-corrected chi connectivity index (χ3v) is 12.6. The Labute approximate surface area is 608 Å². The predicted molar refractivity (Wildman–Crippen MR) is 383 cm³/mol. The Balaban J connectivity index is 0. The third kappa shape index (κ3) is 28.5. The lowest BCUT2D eigenvalue weighted by Gasteiger charge is -2.11. The highest BCUT2D eigenvalue weighted by atomic mass is 16.8. The number of aryl methyl sites for hydroxylation is 1. The van der Waals surface area contributed by atoms with Crippen LogP contribution in [0.15, 0.2) is 202 Å². The van der Waals surface area contributed by atoms with E-state index in [1.165, 1.54) is 115 Å². The molecule has 0 amide bonds. The van der Waals surface area contributed by atoms with Gasteiger partial charge in [0, 0.05) is 30.2 Å². The maximum absolute atomic E-state index is 12.9. The van der Waals surface area contributed by atoms with Gasteiger partial charge in [-0.3, -0.25) is 0 Å². The van der Waals surface area contributed by atoms with Gasteiger partial charge in [0.2, 0.25) is 27.2 Å². The van der Waals surface area contributed by atoms with Gasteiger partial charge >= 0.3 is 72.4 Å².